The normalized spacial score (nSPS) is 11.4. The molecule has 0 aliphatic carbocycles. The van der Waals surface area contributed by atoms with Crippen molar-refractivity contribution in [2.75, 3.05) is 0 Å². The lowest BCUT2D eigenvalue weighted by Gasteiger charge is -2.05. The largest absolute Gasteiger partial charge is 0.508 e. The van der Waals surface area contributed by atoms with Crippen LogP contribution in [0.15, 0.2) is 47.8 Å². The number of aromatic hydroxyl groups is 2. The fraction of sp³-hybridized carbons (Fsp3) is 0. The van der Waals surface area contributed by atoms with Crippen molar-refractivity contribution >= 4 is 27.3 Å². The second kappa shape index (κ2) is 3.98. The van der Waals surface area contributed by atoms with Crippen molar-refractivity contribution < 1.29 is 10.2 Å². The maximum absolute atomic E-state index is 10.0. The molecule has 4 rings (SSSR count). The summed E-state index contributed by atoms with van der Waals surface area (Å²) in [6.45, 7) is 0. The molecule has 5 heteroatoms. The molecule has 4 nitrogen and oxygen atoms in total. The summed E-state index contributed by atoms with van der Waals surface area (Å²) < 4.78 is 1.99. The van der Waals surface area contributed by atoms with Gasteiger partial charge in [-0.05, 0) is 30.3 Å². The Morgan fingerprint density at radius 2 is 1.90 bits per heavy atom. The Kier molecular flexibility index (Phi) is 2.25. The Bertz CT molecular complexity index is 940. The van der Waals surface area contributed by atoms with Gasteiger partial charge in [0.1, 0.15) is 11.5 Å². The molecule has 4 aromatic rings. The molecule has 0 fully saturated rings. The molecule has 0 unspecified atom stereocenters. The second-order valence-corrected chi connectivity index (χ2v) is 5.38. The zero-order valence-corrected chi connectivity index (χ0v) is 11.1. The molecule has 20 heavy (non-hydrogen) atoms. The SMILES string of the molecule is Oc1ccc(O)c(-c2csc3nc4ccccc4n23)c1. The summed E-state index contributed by atoms with van der Waals surface area (Å²) in [6.07, 6.45) is 0. The van der Waals surface area contributed by atoms with Gasteiger partial charge in [0.05, 0.1) is 16.7 Å². The lowest BCUT2D eigenvalue weighted by atomic mass is 10.1. The number of thiazole rings is 1. The highest BCUT2D eigenvalue weighted by Crippen LogP contribution is 2.36. The molecule has 0 atom stereocenters. The van der Waals surface area contributed by atoms with Crippen molar-refractivity contribution in [2.45, 2.75) is 0 Å². The Morgan fingerprint density at radius 1 is 1.05 bits per heavy atom. The third-order valence-corrected chi connectivity index (χ3v) is 4.13. The zero-order chi connectivity index (χ0) is 13.7. The first kappa shape index (κ1) is 11.3. The summed E-state index contributed by atoms with van der Waals surface area (Å²) in [5, 5.41) is 21.6. The fourth-order valence-corrected chi connectivity index (χ4v) is 3.29. The Hall–Kier alpha value is -2.53. The smallest absolute Gasteiger partial charge is 0.195 e. The summed E-state index contributed by atoms with van der Waals surface area (Å²) in [4.78, 5) is 5.42. The van der Waals surface area contributed by atoms with Gasteiger partial charge in [0.2, 0.25) is 0 Å². The van der Waals surface area contributed by atoms with E-state index in [1.807, 2.05) is 34.0 Å². The predicted octanol–water partition coefficient (Wildman–Crippen LogP) is 3.63. The average molecular weight is 282 g/mol. The van der Waals surface area contributed by atoms with Gasteiger partial charge in [-0.15, -0.1) is 11.3 Å². The van der Waals surface area contributed by atoms with Crippen LogP contribution in [0.1, 0.15) is 0 Å². The number of imidazole rings is 1. The maximum atomic E-state index is 10.0. The van der Waals surface area contributed by atoms with Gasteiger partial charge in [-0.25, -0.2) is 4.98 Å². The van der Waals surface area contributed by atoms with Gasteiger partial charge in [0.25, 0.3) is 0 Å². The standard InChI is InChI=1S/C15H10N2O2S/c18-9-5-6-14(19)10(7-9)13-8-20-15-16-11-3-1-2-4-12(11)17(13)15/h1-8,18-19H. The van der Waals surface area contributed by atoms with Crippen molar-refractivity contribution in [1.29, 1.82) is 0 Å². The number of fused-ring (bicyclic) bond motifs is 3. The van der Waals surface area contributed by atoms with E-state index >= 15 is 0 Å². The molecule has 0 spiro atoms. The number of phenolic OH excluding ortho intramolecular Hbond substituents is 2. The molecular formula is C15H10N2O2S. The summed E-state index contributed by atoms with van der Waals surface area (Å²) in [5.41, 5.74) is 3.33. The van der Waals surface area contributed by atoms with E-state index in [0.29, 0.717) is 5.56 Å². The highest BCUT2D eigenvalue weighted by Gasteiger charge is 2.14. The summed E-state index contributed by atoms with van der Waals surface area (Å²) >= 11 is 1.51. The van der Waals surface area contributed by atoms with Gasteiger partial charge in [0, 0.05) is 10.9 Å². The Morgan fingerprint density at radius 3 is 2.80 bits per heavy atom. The van der Waals surface area contributed by atoms with E-state index in [0.717, 1.165) is 21.7 Å². The summed E-state index contributed by atoms with van der Waals surface area (Å²) in [7, 11) is 0. The van der Waals surface area contributed by atoms with Crippen LogP contribution in [-0.2, 0) is 0 Å². The fourth-order valence-electron chi connectivity index (χ4n) is 2.39. The summed E-state index contributed by atoms with van der Waals surface area (Å²) in [6, 6.07) is 12.4. The minimum absolute atomic E-state index is 0.126. The quantitative estimate of drug-likeness (QED) is 0.524. The zero-order valence-electron chi connectivity index (χ0n) is 10.3. The van der Waals surface area contributed by atoms with E-state index < -0.39 is 0 Å². The van der Waals surface area contributed by atoms with E-state index in [-0.39, 0.29) is 11.5 Å². The molecule has 2 aromatic heterocycles. The van der Waals surface area contributed by atoms with Crippen LogP contribution in [-0.4, -0.2) is 19.6 Å². The molecule has 2 N–H and O–H groups in total. The monoisotopic (exact) mass is 282 g/mol. The number of phenols is 2. The molecule has 0 bridgehead atoms. The average Bonchev–Trinajstić information content (AvgIpc) is 3.00. The number of nitrogens with zero attached hydrogens (tertiary/aromatic N) is 2. The van der Waals surface area contributed by atoms with E-state index in [4.69, 9.17) is 0 Å². The number of rotatable bonds is 1. The lowest BCUT2D eigenvalue weighted by molar-refractivity contribution is 0.461. The summed E-state index contributed by atoms with van der Waals surface area (Å²) in [5.74, 6) is 0.266. The topological polar surface area (TPSA) is 57.8 Å². The molecule has 0 radical (unpaired) electrons. The van der Waals surface area contributed by atoms with Crippen LogP contribution in [0.25, 0.3) is 27.3 Å². The molecule has 0 amide bonds. The molecule has 0 saturated carbocycles. The second-order valence-electron chi connectivity index (χ2n) is 4.54. The molecule has 98 valence electrons. The van der Waals surface area contributed by atoms with Gasteiger partial charge in [-0.3, -0.25) is 4.40 Å². The third-order valence-electron chi connectivity index (χ3n) is 3.30. The maximum Gasteiger partial charge on any atom is 0.195 e. The van der Waals surface area contributed by atoms with Crippen LogP contribution < -0.4 is 0 Å². The number of para-hydroxylation sites is 2. The Balaban J connectivity index is 2.11. The highest BCUT2D eigenvalue weighted by atomic mass is 32.1. The molecular weight excluding hydrogens is 272 g/mol. The minimum Gasteiger partial charge on any atom is -0.508 e. The van der Waals surface area contributed by atoms with Crippen LogP contribution in [0.4, 0.5) is 0 Å². The van der Waals surface area contributed by atoms with Crippen molar-refractivity contribution in [3.63, 3.8) is 0 Å². The molecule has 2 aromatic carbocycles. The first-order valence-corrected chi connectivity index (χ1v) is 6.99. The van der Waals surface area contributed by atoms with Crippen LogP contribution in [0.5, 0.6) is 11.5 Å². The number of hydrogen-bond acceptors (Lipinski definition) is 4. The minimum atomic E-state index is 0.126. The van der Waals surface area contributed by atoms with Crippen molar-refractivity contribution in [1.82, 2.24) is 9.38 Å². The van der Waals surface area contributed by atoms with Crippen molar-refractivity contribution in [3.05, 3.63) is 47.8 Å². The number of benzene rings is 2. The van der Waals surface area contributed by atoms with Crippen LogP contribution in [0, 0.1) is 0 Å². The number of aromatic nitrogens is 2. The lowest BCUT2D eigenvalue weighted by Crippen LogP contribution is -1.86. The molecule has 0 aliphatic heterocycles. The number of hydrogen-bond donors (Lipinski definition) is 2. The van der Waals surface area contributed by atoms with E-state index in [1.165, 1.54) is 23.5 Å². The van der Waals surface area contributed by atoms with E-state index in [9.17, 15) is 10.2 Å². The molecule has 2 heterocycles. The molecule has 0 saturated heterocycles. The van der Waals surface area contributed by atoms with Crippen LogP contribution in [0.2, 0.25) is 0 Å². The third kappa shape index (κ3) is 1.50. The molecule has 0 aliphatic rings. The Labute approximate surface area is 118 Å². The van der Waals surface area contributed by atoms with Gasteiger partial charge in [0.15, 0.2) is 4.96 Å². The first-order valence-electron chi connectivity index (χ1n) is 6.11. The van der Waals surface area contributed by atoms with E-state index in [2.05, 4.69) is 4.98 Å². The van der Waals surface area contributed by atoms with Gasteiger partial charge in [-0.1, -0.05) is 12.1 Å². The van der Waals surface area contributed by atoms with Crippen molar-refractivity contribution in [2.24, 2.45) is 0 Å². The van der Waals surface area contributed by atoms with Gasteiger partial charge >= 0.3 is 0 Å². The predicted molar refractivity (Wildman–Crippen MR) is 79.3 cm³/mol. The van der Waals surface area contributed by atoms with Gasteiger partial charge < -0.3 is 10.2 Å². The van der Waals surface area contributed by atoms with Crippen LogP contribution >= 0.6 is 11.3 Å². The first-order chi connectivity index (χ1) is 9.74. The highest BCUT2D eigenvalue weighted by molar-refractivity contribution is 7.15. The van der Waals surface area contributed by atoms with Crippen molar-refractivity contribution in [3.8, 4) is 22.8 Å². The van der Waals surface area contributed by atoms with Crippen LogP contribution in [0.3, 0.4) is 0 Å². The van der Waals surface area contributed by atoms with Gasteiger partial charge in [-0.2, -0.15) is 0 Å². The van der Waals surface area contributed by atoms with E-state index in [1.54, 1.807) is 6.07 Å².